The van der Waals surface area contributed by atoms with E-state index in [-0.39, 0.29) is 5.82 Å². The first-order valence-electron chi connectivity index (χ1n) is 6.26. The van der Waals surface area contributed by atoms with Crippen LogP contribution in [0, 0.1) is 5.82 Å². The fourth-order valence-corrected chi connectivity index (χ4v) is 2.92. The summed E-state index contributed by atoms with van der Waals surface area (Å²) in [5, 5.41) is -0.405. The van der Waals surface area contributed by atoms with Crippen LogP contribution in [0.15, 0.2) is 42.5 Å². The maximum Gasteiger partial charge on any atom is 0.128 e. The molecule has 0 nitrogen and oxygen atoms in total. The van der Waals surface area contributed by atoms with E-state index in [4.69, 9.17) is 11.6 Å². The molecule has 0 amide bonds. The van der Waals surface area contributed by atoms with Crippen molar-refractivity contribution in [1.82, 2.24) is 0 Å². The summed E-state index contributed by atoms with van der Waals surface area (Å²) in [7, 11) is 0. The Bertz CT molecular complexity index is 577. The van der Waals surface area contributed by atoms with Crippen LogP contribution in [-0.4, -0.2) is 0 Å². The predicted molar refractivity (Wildman–Crippen MR) is 72.6 cm³/mol. The van der Waals surface area contributed by atoms with Crippen molar-refractivity contribution >= 4 is 11.6 Å². The third kappa shape index (κ3) is 2.04. The Morgan fingerprint density at radius 3 is 2.61 bits per heavy atom. The van der Waals surface area contributed by atoms with Crippen LogP contribution < -0.4 is 0 Å². The second kappa shape index (κ2) is 4.74. The number of aryl methyl sites for hydroxylation is 2. The topological polar surface area (TPSA) is 0 Å². The van der Waals surface area contributed by atoms with Gasteiger partial charge in [0.25, 0.3) is 0 Å². The van der Waals surface area contributed by atoms with Gasteiger partial charge in [0.1, 0.15) is 5.82 Å². The number of alkyl halides is 1. The third-order valence-corrected chi connectivity index (χ3v) is 4.08. The van der Waals surface area contributed by atoms with Crippen LogP contribution in [-0.2, 0) is 12.8 Å². The van der Waals surface area contributed by atoms with E-state index in [0.29, 0.717) is 5.56 Å². The standard InChI is InChI=1S/C16H14ClF/c17-16(14-6-1-2-7-15(14)18)13-9-8-11-4-3-5-12(11)10-13/h1-2,6-10,16H,3-5H2. The van der Waals surface area contributed by atoms with Crippen LogP contribution in [0.25, 0.3) is 0 Å². The minimum atomic E-state index is -0.405. The number of rotatable bonds is 2. The second-order valence-corrected chi connectivity index (χ2v) is 5.20. The highest BCUT2D eigenvalue weighted by molar-refractivity contribution is 6.22. The summed E-state index contributed by atoms with van der Waals surface area (Å²) in [5.41, 5.74) is 4.32. The fraction of sp³-hybridized carbons (Fsp3) is 0.250. The summed E-state index contributed by atoms with van der Waals surface area (Å²) in [6.45, 7) is 0. The summed E-state index contributed by atoms with van der Waals surface area (Å²) in [6.07, 6.45) is 3.48. The third-order valence-electron chi connectivity index (χ3n) is 3.59. The molecule has 0 spiro atoms. The second-order valence-electron chi connectivity index (χ2n) is 4.77. The summed E-state index contributed by atoms with van der Waals surface area (Å²) in [6, 6.07) is 13.0. The van der Waals surface area contributed by atoms with Gasteiger partial charge in [-0.25, -0.2) is 4.39 Å². The van der Waals surface area contributed by atoms with Crippen LogP contribution in [0.4, 0.5) is 4.39 Å². The van der Waals surface area contributed by atoms with Gasteiger partial charge in [0.05, 0.1) is 5.38 Å². The van der Waals surface area contributed by atoms with Gasteiger partial charge in [-0.1, -0.05) is 36.4 Å². The highest BCUT2D eigenvalue weighted by atomic mass is 35.5. The fourth-order valence-electron chi connectivity index (χ4n) is 2.61. The lowest BCUT2D eigenvalue weighted by molar-refractivity contribution is 0.612. The van der Waals surface area contributed by atoms with Crippen molar-refractivity contribution in [3.05, 3.63) is 70.5 Å². The molecule has 2 aromatic rings. The molecule has 0 fully saturated rings. The van der Waals surface area contributed by atoms with Crippen molar-refractivity contribution < 1.29 is 4.39 Å². The number of hydrogen-bond acceptors (Lipinski definition) is 0. The van der Waals surface area contributed by atoms with E-state index in [9.17, 15) is 4.39 Å². The van der Waals surface area contributed by atoms with Crippen LogP contribution in [0.1, 0.15) is 34.1 Å². The number of hydrogen-bond donors (Lipinski definition) is 0. The number of halogens is 2. The summed E-state index contributed by atoms with van der Waals surface area (Å²) in [5.74, 6) is -0.238. The van der Waals surface area contributed by atoms with Gasteiger partial charge >= 0.3 is 0 Å². The van der Waals surface area contributed by atoms with Crippen molar-refractivity contribution in [3.8, 4) is 0 Å². The molecule has 0 radical (unpaired) electrons. The number of benzene rings is 2. The van der Waals surface area contributed by atoms with E-state index in [1.54, 1.807) is 12.1 Å². The smallest absolute Gasteiger partial charge is 0.128 e. The first-order valence-corrected chi connectivity index (χ1v) is 6.69. The zero-order valence-electron chi connectivity index (χ0n) is 10.00. The average molecular weight is 261 g/mol. The monoisotopic (exact) mass is 260 g/mol. The molecule has 0 N–H and O–H groups in total. The van der Waals surface area contributed by atoms with Crippen molar-refractivity contribution in [2.75, 3.05) is 0 Å². The van der Waals surface area contributed by atoms with E-state index in [1.807, 2.05) is 12.1 Å². The number of fused-ring (bicyclic) bond motifs is 1. The minimum Gasteiger partial charge on any atom is -0.207 e. The molecule has 2 aromatic carbocycles. The van der Waals surface area contributed by atoms with Crippen molar-refractivity contribution in [3.63, 3.8) is 0 Å². The lowest BCUT2D eigenvalue weighted by atomic mass is 10.00. The van der Waals surface area contributed by atoms with E-state index < -0.39 is 5.38 Å². The molecule has 3 rings (SSSR count). The Kier molecular flexibility index (Phi) is 3.09. The van der Waals surface area contributed by atoms with Crippen LogP contribution in [0.5, 0.6) is 0 Å². The van der Waals surface area contributed by atoms with Gasteiger partial charge in [-0.05, 0) is 42.0 Å². The Morgan fingerprint density at radius 2 is 1.78 bits per heavy atom. The SMILES string of the molecule is Fc1ccccc1C(Cl)c1ccc2c(c1)CCC2. The Labute approximate surface area is 111 Å². The maximum absolute atomic E-state index is 13.7. The molecule has 18 heavy (non-hydrogen) atoms. The predicted octanol–water partition coefficient (Wildman–Crippen LogP) is 4.64. The van der Waals surface area contributed by atoms with Gasteiger partial charge in [0.15, 0.2) is 0 Å². The van der Waals surface area contributed by atoms with Gasteiger partial charge in [-0.15, -0.1) is 11.6 Å². The molecule has 0 bridgehead atoms. The van der Waals surface area contributed by atoms with E-state index in [2.05, 4.69) is 12.1 Å². The summed E-state index contributed by atoms with van der Waals surface area (Å²) in [4.78, 5) is 0. The molecular formula is C16H14ClF. The molecule has 1 aliphatic rings. The van der Waals surface area contributed by atoms with E-state index in [0.717, 1.165) is 18.4 Å². The van der Waals surface area contributed by atoms with Crippen molar-refractivity contribution in [2.45, 2.75) is 24.6 Å². The first kappa shape index (κ1) is 11.7. The van der Waals surface area contributed by atoms with Crippen LogP contribution >= 0.6 is 11.6 Å². The average Bonchev–Trinajstić information content (AvgIpc) is 2.85. The van der Waals surface area contributed by atoms with E-state index in [1.165, 1.54) is 23.6 Å². The largest absolute Gasteiger partial charge is 0.207 e. The summed E-state index contributed by atoms with van der Waals surface area (Å²) < 4.78 is 13.7. The quantitative estimate of drug-likeness (QED) is 0.690. The molecular weight excluding hydrogens is 247 g/mol. The molecule has 1 unspecified atom stereocenters. The molecule has 0 aliphatic heterocycles. The van der Waals surface area contributed by atoms with Gasteiger partial charge in [0, 0.05) is 5.56 Å². The van der Waals surface area contributed by atoms with Crippen LogP contribution in [0.2, 0.25) is 0 Å². The molecule has 0 heterocycles. The highest BCUT2D eigenvalue weighted by Gasteiger charge is 2.17. The molecule has 92 valence electrons. The van der Waals surface area contributed by atoms with Crippen molar-refractivity contribution in [1.29, 1.82) is 0 Å². The molecule has 0 saturated carbocycles. The molecule has 2 heteroatoms. The Balaban J connectivity index is 1.98. The van der Waals surface area contributed by atoms with E-state index >= 15 is 0 Å². The van der Waals surface area contributed by atoms with Crippen molar-refractivity contribution in [2.24, 2.45) is 0 Å². The molecule has 1 atom stereocenters. The molecule has 0 aromatic heterocycles. The summed E-state index contributed by atoms with van der Waals surface area (Å²) >= 11 is 6.40. The molecule has 1 aliphatic carbocycles. The normalized spacial score (nSPS) is 15.4. The Hall–Kier alpha value is -1.34. The Morgan fingerprint density at radius 1 is 1.00 bits per heavy atom. The van der Waals surface area contributed by atoms with Gasteiger partial charge in [0.2, 0.25) is 0 Å². The van der Waals surface area contributed by atoms with Gasteiger partial charge in [-0.3, -0.25) is 0 Å². The maximum atomic E-state index is 13.7. The van der Waals surface area contributed by atoms with Gasteiger partial charge in [-0.2, -0.15) is 0 Å². The minimum absolute atomic E-state index is 0.238. The lowest BCUT2D eigenvalue weighted by Gasteiger charge is -2.12. The first-order chi connectivity index (χ1) is 8.75. The molecule has 0 saturated heterocycles. The highest BCUT2D eigenvalue weighted by Crippen LogP contribution is 2.33. The lowest BCUT2D eigenvalue weighted by Crippen LogP contribution is -1.98. The van der Waals surface area contributed by atoms with Crippen LogP contribution in [0.3, 0.4) is 0 Å². The van der Waals surface area contributed by atoms with Gasteiger partial charge < -0.3 is 0 Å². The zero-order valence-corrected chi connectivity index (χ0v) is 10.8. The zero-order chi connectivity index (χ0) is 12.5.